The first-order valence-corrected chi connectivity index (χ1v) is 11.4. The lowest BCUT2D eigenvalue weighted by molar-refractivity contribution is -0.123. The molecule has 1 unspecified atom stereocenters. The molecule has 1 N–H and O–H groups in total. The zero-order valence-electron chi connectivity index (χ0n) is 19.5. The second kappa shape index (κ2) is 12.0. The first-order valence-electron chi connectivity index (χ1n) is 11.0. The van der Waals surface area contributed by atoms with Gasteiger partial charge in [-0.1, -0.05) is 29.8 Å². The number of rotatable bonds is 10. The Hall–Kier alpha value is -3.91. The number of ketones is 1. The summed E-state index contributed by atoms with van der Waals surface area (Å²) in [4.78, 5) is 42.6. The molecule has 0 spiro atoms. The van der Waals surface area contributed by atoms with Crippen molar-refractivity contribution in [1.29, 1.82) is 0 Å². The average Bonchev–Trinajstić information content (AvgIpc) is 2.86. The summed E-state index contributed by atoms with van der Waals surface area (Å²) in [7, 11) is 0. The van der Waals surface area contributed by atoms with Crippen molar-refractivity contribution in [2.24, 2.45) is 0 Å². The molecule has 3 aromatic rings. The maximum atomic E-state index is 13.3. The van der Waals surface area contributed by atoms with E-state index in [1.54, 1.807) is 42.5 Å². The minimum absolute atomic E-state index is 0.0309. The number of carbonyl (C=O) groups excluding carboxylic acids is 3. The molecule has 8 nitrogen and oxygen atoms in total. The predicted octanol–water partition coefficient (Wildman–Crippen LogP) is 4.95. The number of hydrogen-bond acceptors (Lipinski definition) is 7. The highest BCUT2D eigenvalue weighted by molar-refractivity contribution is 6.32. The molecule has 35 heavy (non-hydrogen) atoms. The highest BCUT2D eigenvalue weighted by atomic mass is 35.5. The molecule has 1 heterocycles. The molecule has 0 aliphatic rings. The Bertz CT molecular complexity index is 1230. The van der Waals surface area contributed by atoms with Crippen LogP contribution >= 0.6 is 11.6 Å². The molecule has 0 aliphatic carbocycles. The fourth-order valence-corrected chi connectivity index (χ4v) is 3.36. The molecule has 0 bridgehead atoms. The smallest absolute Gasteiger partial charge is 0.339 e. The number of nitrogens with zero attached hydrogens (tertiary/aromatic N) is 1. The summed E-state index contributed by atoms with van der Waals surface area (Å²) in [6.45, 7) is 5.94. The number of hydrogen-bond donors (Lipinski definition) is 1. The van der Waals surface area contributed by atoms with E-state index in [0.717, 1.165) is 0 Å². The third-order valence-corrected chi connectivity index (χ3v) is 5.17. The maximum absolute atomic E-state index is 13.3. The van der Waals surface area contributed by atoms with Crippen molar-refractivity contribution >= 4 is 34.9 Å². The van der Waals surface area contributed by atoms with Crippen LogP contribution in [0.25, 0.3) is 0 Å². The molecule has 9 heteroatoms. The highest BCUT2D eigenvalue weighted by Gasteiger charge is 2.24. The molecule has 0 radical (unpaired) electrons. The number of nitrogens with one attached hydrogen (secondary N) is 1. The van der Waals surface area contributed by atoms with Crippen molar-refractivity contribution in [1.82, 2.24) is 4.98 Å². The van der Waals surface area contributed by atoms with Gasteiger partial charge in [0.15, 0.2) is 28.5 Å². The minimum Gasteiger partial charge on any atom is -0.490 e. The van der Waals surface area contributed by atoms with E-state index in [2.05, 4.69) is 10.3 Å². The number of halogens is 1. The second-order valence-corrected chi connectivity index (χ2v) is 7.64. The lowest BCUT2D eigenvalue weighted by atomic mass is 9.98. The predicted molar refractivity (Wildman–Crippen MR) is 131 cm³/mol. The summed E-state index contributed by atoms with van der Waals surface area (Å²) in [5.41, 5.74) is 0.767. The second-order valence-electron chi connectivity index (χ2n) is 7.28. The quantitative estimate of drug-likeness (QED) is 0.240. The van der Waals surface area contributed by atoms with E-state index in [0.29, 0.717) is 36.0 Å². The van der Waals surface area contributed by atoms with E-state index < -0.39 is 23.8 Å². The average molecular weight is 497 g/mol. The Balaban J connectivity index is 1.80. The number of esters is 1. The monoisotopic (exact) mass is 496 g/mol. The topological polar surface area (TPSA) is 104 Å². The van der Waals surface area contributed by atoms with Gasteiger partial charge in [0.05, 0.1) is 24.5 Å². The number of carbonyl (C=O) groups is 3. The van der Waals surface area contributed by atoms with Crippen molar-refractivity contribution in [3.63, 3.8) is 0 Å². The normalized spacial score (nSPS) is 11.3. The fourth-order valence-electron chi connectivity index (χ4n) is 3.20. The van der Waals surface area contributed by atoms with E-state index in [4.69, 9.17) is 25.8 Å². The Morgan fingerprint density at radius 1 is 0.943 bits per heavy atom. The van der Waals surface area contributed by atoms with Gasteiger partial charge in [-0.15, -0.1) is 0 Å². The molecule has 1 amide bonds. The van der Waals surface area contributed by atoms with Gasteiger partial charge in [-0.05, 0) is 57.2 Å². The van der Waals surface area contributed by atoms with Crippen LogP contribution in [0.3, 0.4) is 0 Å². The Kier molecular flexibility index (Phi) is 8.80. The van der Waals surface area contributed by atoms with Crippen molar-refractivity contribution in [2.45, 2.75) is 26.9 Å². The molecule has 0 saturated carbocycles. The number of ether oxygens (including phenoxy) is 3. The molecule has 182 valence electrons. The van der Waals surface area contributed by atoms with Crippen LogP contribution in [0.4, 0.5) is 5.69 Å². The summed E-state index contributed by atoms with van der Waals surface area (Å²) >= 11 is 5.96. The summed E-state index contributed by atoms with van der Waals surface area (Å²) in [5, 5.41) is 2.67. The standard InChI is InChI=1S/C26H25ClN2O6/c1-4-33-21-13-12-17(15-22(21)34-5-2)23(30)18-9-6-7-10-19(18)26(32)35-16(3)25(31)29-20-11-8-14-28-24(20)27/h6-16H,4-5H2,1-3H3,(H,29,31). The van der Waals surface area contributed by atoms with Crippen LogP contribution in [0.2, 0.25) is 5.15 Å². The number of benzene rings is 2. The van der Waals surface area contributed by atoms with Gasteiger partial charge in [0.1, 0.15) is 0 Å². The van der Waals surface area contributed by atoms with E-state index in [1.807, 2.05) is 13.8 Å². The maximum Gasteiger partial charge on any atom is 0.339 e. The number of aromatic nitrogens is 1. The largest absolute Gasteiger partial charge is 0.490 e. The molecular weight excluding hydrogens is 472 g/mol. The van der Waals surface area contributed by atoms with E-state index in [1.165, 1.54) is 25.3 Å². The van der Waals surface area contributed by atoms with Crippen LogP contribution in [0, 0.1) is 0 Å². The summed E-state index contributed by atoms with van der Waals surface area (Å²) < 4.78 is 16.5. The van der Waals surface area contributed by atoms with Crippen LogP contribution in [0.5, 0.6) is 11.5 Å². The van der Waals surface area contributed by atoms with Gasteiger partial charge in [-0.2, -0.15) is 0 Å². The van der Waals surface area contributed by atoms with Crippen molar-refractivity contribution in [3.05, 3.63) is 82.6 Å². The van der Waals surface area contributed by atoms with Gasteiger partial charge in [0.25, 0.3) is 5.91 Å². The van der Waals surface area contributed by atoms with Crippen LogP contribution in [-0.4, -0.2) is 42.0 Å². The van der Waals surface area contributed by atoms with E-state index in [-0.39, 0.29) is 16.3 Å². The van der Waals surface area contributed by atoms with E-state index >= 15 is 0 Å². The van der Waals surface area contributed by atoms with Gasteiger partial charge in [-0.25, -0.2) is 9.78 Å². The summed E-state index contributed by atoms with van der Waals surface area (Å²) in [6.07, 6.45) is 0.328. The lowest BCUT2D eigenvalue weighted by Crippen LogP contribution is -2.30. The van der Waals surface area contributed by atoms with Crippen LogP contribution in [0.1, 0.15) is 47.1 Å². The van der Waals surface area contributed by atoms with Crippen molar-refractivity contribution in [3.8, 4) is 11.5 Å². The van der Waals surface area contributed by atoms with Gasteiger partial charge in [-0.3, -0.25) is 9.59 Å². The van der Waals surface area contributed by atoms with Crippen LogP contribution in [0.15, 0.2) is 60.8 Å². The SMILES string of the molecule is CCOc1ccc(C(=O)c2ccccc2C(=O)OC(C)C(=O)Nc2cccnc2Cl)cc1OCC. The third-order valence-electron chi connectivity index (χ3n) is 4.87. The molecular formula is C26H25ClN2O6. The van der Waals surface area contributed by atoms with Gasteiger partial charge < -0.3 is 19.5 Å². The molecule has 2 aromatic carbocycles. The van der Waals surface area contributed by atoms with Crippen LogP contribution < -0.4 is 14.8 Å². The first kappa shape index (κ1) is 25.7. The minimum atomic E-state index is -1.16. The summed E-state index contributed by atoms with van der Waals surface area (Å²) in [6, 6.07) is 14.3. The summed E-state index contributed by atoms with van der Waals surface area (Å²) in [5.74, 6) is -0.859. The lowest BCUT2D eigenvalue weighted by Gasteiger charge is -2.16. The molecule has 1 aromatic heterocycles. The highest BCUT2D eigenvalue weighted by Crippen LogP contribution is 2.30. The third kappa shape index (κ3) is 6.36. The molecule has 1 atom stereocenters. The molecule has 0 aliphatic heterocycles. The zero-order chi connectivity index (χ0) is 25.4. The fraction of sp³-hybridized carbons (Fsp3) is 0.231. The van der Waals surface area contributed by atoms with Crippen molar-refractivity contribution in [2.75, 3.05) is 18.5 Å². The molecule has 0 fully saturated rings. The molecule has 3 rings (SSSR count). The number of pyridine rings is 1. The number of anilines is 1. The Labute approximate surface area is 208 Å². The Morgan fingerprint density at radius 3 is 2.31 bits per heavy atom. The first-order chi connectivity index (χ1) is 16.8. The number of amides is 1. The van der Waals surface area contributed by atoms with Crippen molar-refractivity contribution < 1.29 is 28.6 Å². The van der Waals surface area contributed by atoms with Crippen LogP contribution in [-0.2, 0) is 9.53 Å². The van der Waals surface area contributed by atoms with Gasteiger partial charge in [0.2, 0.25) is 0 Å². The van der Waals surface area contributed by atoms with Gasteiger partial charge in [0, 0.05) is 17.3 Å². The molecule has 0 saturated heterocycles. The van der Waals surface area contributed by atoms with E-state index in [9.17, 15) is 14.4 Å². The van der Waals surface area contributed by atoms with Gasteiger partial charge >= 0.3 is 5.97 Å². The zero-order valence-corrected chi connectivity index (χ0v) is 20.3. The Morgan fingerprint density at radius 2 is 1.63 bits per heavy atom.